The third-order valence-corrected chi connectivity index (χ3v) is 4.64. The van der Waals surface area contributed by atoms with E-state index in [0.717, 1.165) is 29.1 Å². The Morgan fingerprint density at radius 3 is 2.67 bits per heavy atom. The lowest BCUT2D eigenvalue weighted by Crippen LogP contribution is -2.39. The van der Waals surface area contributed by atoms with Crippen LogP contribution in [0.2, 0.25) is 0 Å². The quantitative estimate of drug-likeness (QED) is 0.597. The number of carbonyl (C=O) groups excluding carboxylic acids is 1. The van der Waals surface area contributed by atoms with Crippen LogP contribution in [0.25, 0.3) is 11.3 Å². The lowest BCUT2D eigenvalue weighted by atomic mass is 10.1. The maximum atomic E-state index is 12.6. The van der Waals surface area contributed by atoms with E-state index in [9.17, 15) is 9.90 Å². The second-order valence-corrected chi connectivity index (χ2v) is 6.57. The molecule has 0 radical (unpaired) electrons. The molecule has 0 aliphatic rings. The molecule has 3 N–H and O–H groups in total. The lowest BCUT2D eigenvalue weighted by Gasteiger charge is -2.15. The normalized spacial score (nSPS) is 12.1. The summed E-state index contributed by atoms with van der Waals surface area (Å²) in [7, 11) is 0. The van der Waals surface area contributed by atoms with Crippen molar-refractivity contribution in [3.63, 3.8) is 0 Å². The summed E-state index contributed by atoms with van der Waals surface area (Å²) in [5, 5.41) is 24.1. The molecule has 0 unspecified atom stereocenters. The minimum absolute atomic E-state index is 0.136. The Kier molecular flexibility index (Phi) is 5.71. The van der Waals surface area contributed by atoms with Crippen molar-refractivity contribution in [1.29, 1.82) is 0 Å². The van der Waals surface area contributed by atoms with E-state index in [1.807, 2.05) is 55.8 Å². The van der Waals surface area contributed by atoms with E-state index in [2.05, 4.69) is 20.6 Å². The molecule has 0 bridgehead atoms. The fourth-order valence-electron chi connectivity index (χ4n) is 3.26. The fraction of sp³-hybridized carbons (Fsp3) is 0.350. The molecular formula is C20H25N5O2. The van der Waals surface area contributed by atoms with Gasteiger partial charge in [-0.25, -0.2) is 0 Å². The van der Waals surface area contributed by atoms with Crippen molar-refractivity contribution >= 4 is 5.91 Å². The number of aromatic amines is 1. The van der Waals surface area contributed by atoms with Crippen molar-refractivity contribution in [3.05, 3.63) is 59.0 Å². The third kappa shape index (κ3) is 4.09. The van der Waals surface area contributed by atoms with Gasteiger partial charge in [0, 0.05) is 17.8 Å². The highest BCUT2D eigenvalue weighted by molar-refractivity contribution is 5.93. The summed E-state index contributed by atoms with van der Waals surface area (Å²) in [5.41, 5.74) is 4.95. The number of rotatable bonds is 7. The minimum Gasteiger partial charge on any atom is -0.394 e. The average molecular weight is 367 g/mol. The molecule has 0 saturated heterocycles. The van der Waals surface area contributed by atoms with Gasteiger partial charge in [0.25, 0.3) is 5.91 Å². The second kappa shape index (κ2) is 8.18. The Balaban J connectivity index is 1.74. The Morgan fingerprint density at radius 1 is 1.30 bits per heavy atom. The van der Waals surface area contributed by atoms with Gasteiger partial charge in [0.05, 0.1) is 24.0 Å². The first-order chi connectivity index (χ1) is 13.0. The summed E-state index contributed by atoms with van der Waals surface area (Å²) in [4.78, 5) is 12.6. The van der Waals surface area contributed by atoms with Crippen molar-refractivity contribution in [2.24, 2.45) is 0 Å². The van der Waals surface area contributed by atoms with Crippen LogP contribution in [0.5, 0.6) is 0 Å². The van der Waals surface area contributed by atoms with Crippen LogP contribution in [-0.4, -0.2) is 43.6 Å². The number of aliphatic hydroxyl groups excluding tert-OH is 1. The largest absolute Gasteiger partial charge is 0.394 e. The van der Waals surface area contributed by atoms with Gasteiger partial charge in [-0.1, -0.05) is 30.3 Å². The third-order valence-electron chi connectivity index (χ3n) is 4.64. The van der Waals surface area contributed by atoms with E-state index in [-0.39, 0.29) is 18.6 Å². The molecule has 3 rings (SSSR count). The van der Waals surface area contributed by atoms with Gasteiger partial charge in [0.2, 0.25) is 0 Å². The van der Waals surface area contributed by atoms with Gasteiger partial charge in [-0.05, 0) is 38.8 Å². The standard InChI is InChI=1S/C20H25N5O2/c1-4-25-14(3)19(13(2)24-25)17-11-18(23-22-17)20(27)21-16(12-26)10-15-8-6-5-7-9-15/h5-9,11,16,26H,4,10,12H2,1-3H3,(H,21,27)(H,22,23)/t16-/m1/s1. The van der Waals surface area contributed by atoms with Crippen LogP contribution in [0.3, 0.4) is 0 Å². The lowest BCUT2D eigenvalue weighted by molar-refractivity contribution is 0.0911. The maximum absolute atomic E-state index is 12.6. The molecule has 0 saturated carbocycles. The maximum Gasteiger partial charge on any atom is 0.269 e. The summed E-state index contributed by atoms with van der Waals surface area (Å²) in [6.07, 6.45) is 0.561. The van der Waals surface area contributed by atoms with E-state index in [1.165, 1.54) is 0 Å². The van der Waals surface area contributed by atoms with E-state index in [1.54, 1.807) is 6.07 Å². The number of hydrogen-bond acceptors (Lipinski definition) is 4. The smallest absolute Gasteiger partial charge is 0.269 e. The summed E-state index contributed by atoms with van der Waals surface area (Å²) in [6.45, 7) is 6.61. The summed E-state index contributed by atoms with van der Waals surface area (Å²) in [5.74, 6) is -0.290. The van der Waals surface area contributed by atoms with Crippen molar-refractivity contribution in [2.45, 2.75) is 39.8 Å². The molecule has 142 valence electrons. The van der Waals surface area contributed by atoms with Crippen molar-refractivity contribution in [3.8, 4) is 11.3 Å². The predicted molar refractivity (Wildman–Crippen MR) is 103 cm³/mol. The van der Waals surface area contributed by atoms with Gasteiger partial charge >= 0.3 is 0 Å². The number of nitrogens with zero attached hydrogens (tertiary/aromatic N) is 3. The molecule has 3 aromatic rings. The zero-order chi connectivity index (χ0) is 19.4. The molecule has 0 fully saturated rings. The number of aliphatic hydroxyl groups is 1. The second-order valence-electron chi connectivity index (χ2n) is 6.57. The van der Waals surface area contributed by atoms with Crippen LogP contribution in [0.4, 0.5) is 0 Å². The molecule has 0 aliphatic heterocycles. The monoisotopic (exact) mass is 367 g/mol. The number of aryl methyl sites for hydroxylation is 2. The molecular weight excluding hydrogens is 342 g/mol. The van der Waals surface area contributed by atoms with E-state index < -0.39 is 0 Å². The molecule has 27 heavy (non-hydrogen) atoms. The Labute approximate surface area is 158 Å². The number of carbonyl (C=O) groups is 1. The highest BCUT2D eigenvalue weighted by atomic mass is 16.3. The van der Waals surface area contributed by atoms with Crippen molar-refractivity contribution < 1.29 is 9.90 Å². The van der Waals surface area contributed by atoms with Crippen molar-refractivity contribution in [2.75, 3.05) is 6.61 Å². The summed E-state index contributed by atoms with van der Waals surface area (Å²) < 4.78 is 1.92. The molecule has 2 heterocycles. The van der Waals surface area contributed by atoms with Gasteiger partial charge in [0.1, 0.15) is 5.69 Å². The number of amides is 1. The number of benzene rings is 1. The first-order valence-electron chi connectivity index (χ1n) is 9.08. The van der Waals surface area contributed by atoms with Crippen LogP contribution < -0.4 is 5.32 Å². The number of aromatic nitrogens is 4. The minimum atomic E-state index is -0.363. The topological polar surface area (TPSA) is 95.8 Å². The fourth-order valence-corrected chi connectivity index (χ4v) is 3.26. The van der Waals surface area contributed by atoms with Crippen LogP contribution in [0.15, 0.2) is 36.4 Å². The van der Waals surface area contributed by atoms with Crippen LogP contribution in [-0.2, 0) is 13.0 Å². The Hall–Kier alpha value is -2.93. The zero-order valence-electron chi connectivity index (χ0n) is 15.9. The summed E-state index contributed by atoms with van der Waals surface area (Å²) >= 11 is 0. The SMILES string of the molecule is CCn1nc(C)c(-c2cc(C(=O)N[C@@H](CO)Cc3ccccc3)[nH]n2)c1C. The molecule has 1 atom stereocenters. The van der Waals surface area contributed by atoms with Gasteiger partial charge in [-0.3, -0.25) is 14.6 Å². The highest BCUT2D eigenvalue weighted by Gasteiger charge is 2.19. The van der Waals surface area contributed by atoms with Gasteiger partial charge in [-0.15, -0.1) is 0 Å². The molecule has 0 aliphatic carbocycles. The first kappa shape index (κ1) is 18.8. The first-order valence-corrected chi connectivity index (χ1v) is 9.08. The molecule has 2 aromatic heterocycles. The van der Waals surface area contributed by atoms with E-state index in [4.69, 9.17) is 0 Å². The van der Waals surface area contributed by atoms with Gasteiger partial charge < -0.3 is 10.4 Å². The van der Waals surface area contributed by atoms with E-state index in [0.29, 0.717) is 17.8 Å². The molecule has 7 nitrogen and oxygen atoms in total. The van der Waals surface area contributed by atoms with Gasteiger partial charge in [-0.2, -0.15) is 10.2 Å². The number of hydrogen-bond donors (Lipinski definition) is 3. The molecule has 7 heteroatoms. The van der Waals surface area contributed by atoms with Crippen LogP contribution in [0, 0.1) is 13.8 Å². The van der Waals surface area contributed by atoms with Gasteiger partial charge in [0.15, 0.2) is 0 Å². The number of H-pyrrole nitrogens is 1. The zero-order valence-corrected chi connectivity index (χ0v) is 15.9. The van der Waals surface area contributed by atoms with Crippen molar-refractivity contribution in [1.82, 2.24) is 25.3 Å². The summed E-state index contributed by atoms with van der Waals surface area (Å²) in [6, 6.07) is 11.1. The Bertz CT molecular complexity index is 914. The molecule has 1 amide bonds. The van der Waals surface area contributed by atoms with Crippen LogP contribution >= 0.6 is 0 Å². The average Bonchev–Trinajstić information content (AvgIpc) is 3.26. The Morgan fingerprint density at radius 2 is 2.04 bits per heavy atom. The molecule has 1 aromatic carbocycles. The van der Waals surface area contributed by atoms with E-state index >= 15 is 0 Å². The van der Waals surface area contributed by atoms with Crippen LogP contribution in [0.1, 0.15) is 34.4 Å². The number of nitrogens with one attached hydrogen (secondary N) is 2. The molecule has 0 spiro atoms. The highest BCUT2D eigenvalue weighted by Crippen LogP contribution is 2.25. The predicted octanol–water partition coefficient (Wildman–Crippen LogP) is 2.24.